The van der Waals surface area contributed by atoms with Crippen molar-refractivity contribution in [3.63, 3.8) is 0 Å². The van der Waals surface area contributed by atoms with E-state index < -0.39 is 0 Å². The molecule has 0 saturated heterocycles. The zero-order valence-electron chi connectivity index (χ0n) is 17.6. The van der Waals surface area contributed by atoms with E-state index in [1.54, 1.807) is 7.05 Å². The summed E-state index contributed by atoms with van der Waals surface area (Å²) in [6.07, 6.45) is 1.25. The zero-order valence-corrected chi connectivity index (χ0v) is 17.6. The Bertz CT molecular complexity index is 596. The largest absolute Gasteiger partial charge is 0.192 e. The van der Waals surface area contributed by atoms with Crippen LogP contribution in [0.2, 0.25) is 0 Å². The van der Waals surface area contributed by atoms with Gasteiger partial charge in [0.2, 0.25) is 0 Å². The molecule has 0 aromatic heterocycles. The minimum Gasteiger partial charge on any atom is -0.192 e. The first kappa shape index (κ1) is 25.8. The molecule has 3 aromatic carbocycles. The molecular weight excluding hydrogens is 316 g/mol. The maximum absolute atomic E-state index is 3.83. The Labute approximate surface area is 161 Å². The molecule has 2 nitrogen and oxygen atoms in total. The zero-order chi connectivity index (χ0) is 20.0. The van der Waals surface area contributed by atoms with Crippen molar-refractivity contribution in [2.75, 3.05) is 7.05 Å². The van der Waals surface area contributed by atoms with Crippen molar-refractivity contribution >= 4 is 16.5 Å². The molecule has 2 heteroatoms. The molecule has 0 aliphatic heterocycles. The lowest BCUT2D eigenvalue weighted by atomic mass is 10.1. The Balaban J connectivity index is 0. The highest BCUT2D eigenvalue weighted by Gasteiger charge is 1.85. The van der Waals surface area contributed by atoms with Crippen molar-refractivity contribution < 1.29 is 0 Å². The molecule has 0 unspecified atom stereocenters. The predicted octanol–water partition coefficient (Wildman–Crippen LogP) is 8.71. The van der Waals surface area contributed by atoms with E-state index in [2.05, 4.69) is 72.6 Å². The number of nitrogens with zero attached hydrogens (tertiary/aromatic N) is 2. The summed E-state index contributed by atoms with van der Waals surface area (Å²) in [4.78, 5) is 0. The lowest BCUT2D eigenvalue weighted by Gasteiger charge is -1.92. The highest BCUT2D eigenvalue weighted by atomic mass is 15.1. The minimum atomic E-state index is 0.903. The summed E-state index contributed by atoms with van der Waals surface area (Å²) >= 11 is 0. The minimum absolute atomic E-state index is 0.903. The first-order valence-corrected chi connectivity index (χ1v) is 9.60. The van der Waals surface area contributed by atoms with E-state index in [0.29, 0.717) is 0 Å². The van der Waals surface area contributed by atoms with Gasteiger partial charge in [-0.25, -0.2) is 0 Å². The van der Waals surface area contributed by atoms with Crippen LogP contribution in [0.1, 0.15) is 48.0 Å². The number of rotatable bonds is 1. The fraction of sp³-hybridized carbons (Fsp3) is 0.333. The molecule has 0 saturated carbocycles. The van der Waals surface area contributed by atoms with Crippen LogP contribution in [0.4, 0.5) is 5.69 Å². The number of hydrogen-bond donors (Lipinski definition) is 0. The van der Waals surface area contributed by atoms with Crippen molar-refractivity contribution in [2.45, 2.75) is 48.0 Å². The van der Waals surface area contributed by atoms with Crippen LogP contribution < -0.4 is 0 Å². The summed E-state index contributed by atoms with van der Waals surface area (Å²) in [5.41, 5.74) is 0.903. The fourth-order valence-electron chi connectivity index (χ4n) is 1.74. The molecular formula is C24H36N2. The topological polar surface area (TPSA) is 24.7 Å². The Hall–Kier alpha value is -2.48. The third-order valence-electron chi connectivity index (χ3n) is 2.63. The van der Waals surface area contributed by atoms with E-state index in [1.807, 2.05) is 58.0 Å². The molecule has 0 fully saturated rings. The third-order valence-corrected chi connectivity index (χ3v) is 2.63. The molecule has 142 valence electrons. The second-order valence-corrected chi connectivity index (χ2v) is 4.69. The molecule has 0 bridgehead atoms. The summed E-state index contributed by atoms with van der Waals surface area (Å²) in [7, 11) is 1.66. The molecule has 0 radical (unpaired) electrons. The molecule has 0 atom stereocenters. The monoisotopic (exact) mass is 352 g/mol. The third kappa shape index (κ3) is 12.9. The average molecular weight is 353 g/mol. The first-order valence-electron chi connectivity index (χ1n) is 9.60. The lowest BCUT2D eigenvalue weighted by Crippen LogP contribution is -1.67. The van der Waals surface area contributed by atoms with Gasteiger partial charge in [0, 0.05) is 7.05 Å². The van der Waals surface area contributed by atoms with Gasteiger partial charge in [-0.3, -0.25) is 0 Å². The first-order chi connectivity index (χ1) is 12.8. The van der Waals surface area contributed by atoms with E-state index in [-0.39, 0.29) is 0 Å². The average Bonchev–Trinajstić information content (AvgIpc) is 2.73. The van der Waals surface area contributed by atoms with Crippen LogP contribution in [-0.2, 0) is 0 Å². The predicted molar refractivity (Wildman–Crippen MR) is 119 cm³/mol. The van der Waals surface area contributed by atoms with Gasteiger partial charge in [0.25, 0.3) is 0 Å². The van der Waals surface area contributed by atoms with Crippen molar-refractivity contribution in [1.29, 1.82) is 0 Å². The smallest absolute Gasteiger partial charge is 0.0852 e. The summed E-state index contributed by atoms with van der Waals surface area (Å²) < 4.78 is 0. The van der Waals surface area contributed by atoms with Gasteiger partial charge < -0.3 is 0 Å². The van der Waals surface area contributed by atoms with Gasteiger partial charge in [0.15, 0.2) is 0 Å². The van der Waals surface area contributed by atoms with E-state index in [4.69, 9.17) is 0 Å². The number of benzene rings is 3. The van der Waals surface area contributed by atoms with Gasteiger partial charge in [-0.15, -0.1) is 0 Å². The van der Waals surface area contributed by atoms with E-state index >= 15 is 0 Å². The van der Waals surface area contributed by atoms with Crippen LogP contribution in [0.25, 0.3) is 10.8 Å². The second-order valence-electron chi connectivity index (χ2n) is 4.69. The van der Waals surface area contributed by atoms with Crippen LogP contribution in [0, 0.1) is 0 Å². The molecule has 0 heterocycles. The van der Waals surface area contributed by atoms with E-state index in [9.17, 15) is 0 Å². The Morgan fingerprint density at radius 3 is 1.19 bits per heavy atom. The van der Waals surface area contributed by atoms with Crippen LogP contribution >= 0.6 is 0 Å². The highest BCUT2D eigenvalue weighted by molar-refractivity contribution is 5.81. The molecule has 0 amide bonds. The van der Waals surface area contributed by atoms with Crippen LogP contribution in [0.15, 0.2) is 89.1 Å². The van der Waals surface area contributed by atoms with Crippen LogP contribution in [-0.4, -0.2) is 7.05 Å². The molecule has 0 aliphatic rings. The van der Waals surface area contributed by atoms with Crippen LogP contribution in [0.3, 0.4) is 0 Å². The van der Waals surface area contributed by atoms with Crippen molar-refractivity contribution in [3.8, 4) is 0 Å². The van der Waals surface area contributed by atoms with Crippen molar-refractivity contribution in [1.82, 2.24) is 0 Å². The summed E-state index contributed by atoms with van der Waals surface area (Å²) in [6.45, 7) is 12.2. The van der Waals surface area contributed by atoms with E-state index in [0.717, 1.165) is 5.69 Å². The SMILES string of the molecule is CC.CC.CCC.CN=Nc1ccccc1.c1ccc2ccccc2c1. The van der Waals surface area contributed by atoms with Gasteiger partial charge in [0.05, 0.1) is 5.69 Å². The molecule has 3 rings (SSSR count). The van der Waals surface area contributed by atoms with Gasteiger partial charge in [-0.1, -0.05) is 115 Å². The quantitative estimate of drug-likeness (QED) is 0.391. The van der Waals surface area contributed by atoms with E-state index in [1.165, 1.54) is 17.2 Å². The number of hydrogen-bond acceptors (Lipinski definition) is 2. The summed E-state index contributed by atoms with van der Waals surface area (Å²) in [5.74, 6) is 0. The molecule has 26 heavy (non-hydrogen) atoms. The fourth-order valence-corrected chi connectivity index (χ4v) is 1.74. The normalized spacial score (nSPS) is 8.58. The van der Waals surface area contributed by atoms with Crippen molar-refractivity contribution in [2.24, 2.45) is 10.2 Å². The second kappa shape index (κ2) is 20.6. The van der Waals surface area contributed by atoms with Gasteiger partial charge in [0.1, 0.15) is 0 Å². The van der Waals surface area contributed by atoms with Crippen molar-refractivity contribution in [3.05, 3.63) is 78.9 Å². The maximum atomic E-state index is 3.83. The Morgan fingerprint density at radius 1 is 0.577 bits per heavy atom. The van der Waals surface area contributed by atoms with Crippen LogP contribution in [0.5, 0.6) is 0 Å². The van der Waals surface area contributed by atoms with Gasteiger partial charge >= 0.3 is 0 Å². The number of fused-ring (bicyclic) bond motifs is 1. The Kier molecular flexibility index (Phi) is 20.4. The van der Waals surface area contributed by atoms with Gasteiger partial charge in [-0.2, -0.15) is 10.2 Å². The molecule has 0 aliphatic carbocycles. The summed E-state index contributed by atoms with van der Waals surface area (Å²) in [5, 5.41) is 10.1. The maximum Gasteiger partial charge on any atom is 0.0852 e. The van der Waals surface area contributed by atoms with Gasteiger partial charge in [-0.05, 0) is 22.9 Å². The Morgan fingerprint density at radius 2 is 0.885 bits per heavy atom. The molecule has 0 spiro atoms. The standard InChI is InChI=1S/C10H8.C7H8N2.C3H8.2C2H6/c1-2-6-10-8-4-3-7-9(10)5-1;1-8-9-7-5-3-2-4-6-7;1-3-2;2*1-2/h1-8H;2-6H,1H3;3H2,1-2H3;2*1-2H3. The highest BCUT2D eigenvalue weighted by Crippen LogP contribution is 2.11. The summed E-state index contributed by atoms with van der Waals surface area (Å²) in [6, 6.07) is 26.4. The lowest BCUT2D eigenvalue weighted by molar-refractivity contribution is 1.09. The number of azo groups is 1. The molecule has 3 aromatic rings. The molecule has 0 N–H and O–H groups in total.